The smallest absolute Gasteiger partial charge is 0.347 e. The molecule has 7 heteroatoms. The summed E-state index contributed by atoms with van der Waals surface area (Å²) in [5.41, 5.74) is 0.809. The molecule has 0 radical (unpaired) electrons. The van der Waals surface area contributed by atoms with Gasteiger partial charge in [-0.05, 0) is 37.3 Å². The first kappa shape index (κ1) is 18.9. The molecule has 1 unspecified atom stereocenters. The molecule has 1 atom stereocenters. The van der Waals surface area contributed by atoms with E-state index in [2.05, 4.69) is 5.32 Å². The summed E-state index contributed by atoms with van der Waals surface area (Å²) in [5, 5.41) is 11.2. The Hall–Kier alpha value is -3.40. The van der Waals surface area contributed by atoms with Gasteiger partial charge in [0, 0.05) is 12.1 Å². The van der Waals surface area contributed by atoms with Crippen molar-refractivity contribution in [2.24, 2.45) is 0 Å². The molecule has 2 rings (SSSR count). The van der Waals surface area contributed by atoms with Crippen molar-refractivity contribution in [2.45, 2.75) is 19.6 Å². The molecule has 2 aromatic carbocycles. The summed E-state index contributed by atoms with van der Waals surface area (Å²) in [5.74, 6) is -1.28. The molecule has 26 heavy (non-hydrogen) atoms. The van der Waals surface area contributed by atoms with E-state index in [1.807, 2.05) is 6.07 Å². The molecule has 0 bridgehead atoms. The highest BCUT2D eigenvalue weighted by Crippen LogP contribution is 2.14. The zero-order valence-electron chi connectivity index (χ0n) is 14.1. The van der Waals surface area contributed by atoms with Crippen molar-refractivity contribution < 1.29 is 23.5 Å². The van der Waals surface area contributed by atoms with Gasteiger partial charge < -0.3 is 14.8 Å². The number of carbonyl (C=O) groups is 2. The van der Waals surface area contributed by atoms with E-state index in [1.165, 1.54) is 13.0 Å². The van der Waals surface area contributed by atoms with Crippen molar-refractivity contribution >= 4 is 11.9 Å². The molecule has 1 amide bonds. The van der Waals surface area contributed by atoms with Crippen molar-refractivity contribution in [3.63, 3.8) is 0 Å². The van der Waals surface area contributed by atoms with Crippen LogP contribution in [0.4, 0.5) is 4.39 Å². The standard InChI is InChI=1S/C19H17FN2O4/c1-13(26-16-8-6-14(10-21)7-9-16)19(24)25-12-18(23)22-11-15-4-2-3-5-17(15)20/h2-9,13H,11-12H2,1H3,(H,22,23). The lowest BCUT2D eigenvalue weighted by Gasteiger charge is -2.14. The zero-order valence-corrected chi connectivity index (χ0v) is 14.1. The minimum atomic E-state index is -0.928. The first-order valence-corrected chi connectivity index (χ1v) is 7.83. The number of nitrogens with one attached hydrogen (secondary N) is 1. The van der Waals surface area contributed by atoms with Gasteiger partial charge in [0.25, 0.3) is 5.91 Å². The molecular weight excluding hydrogens is 339 g/mol. The molecule has 0 saturated carbocycles. The Kier molecular flexibility index (Phi) is 6.68. The summed E-state index contributed by atoms with van der Waals surface area (Å²) in [4.78, 5) is 23.6. The molecule has 0 aliphatic carbocycles. The molecule has 0 aliphatic heterocycles. The molecule has 134 valence electrons. The van der Waals surface area contributed by atoms with Crippen LogP contribution in [0.25, 0.3) is 0 Å². The number of halogens is 1. The lowest BCUT2D eigenvalue weighted by molar-refractivity contribution is -0.154. The number of esters is 1. The minimum absolute atomic E-state index is 0.000349. The van der Waals surface area contributed by atoms with Crippen LogP contribution in [0.3, 0.4) is 0 Å². The summed E-state index contributed by atoms with van der Waals surface area (Å²) in [6, 6.07) is 14.3. The molecule has 1 N–H and O–H groups in total. The monoisotopic (exact) mass is 356 g/mol. The molecular formula is C19H17FN2O4. The van der Waals surface area contributed by atoms with E-state index in [-0.39, 0.29) is 6.54 Å². The Balaban J connectivity index is 1.75. The highest BCUT2D eigenvalue weighted by Gasteiger charge is 2.18. The number of carbonyl (C=O) groups excluding carboxylic acids is 2. The maximum atomic E-state index is 13.4. The number of rotatable bonds is 7. The average Bonchev–Trinajstić information content (AvgIpc) is 2.66. The zero-order chi connectivity index (χ0) is 18.9. The van der Waals surface area contributed by atoms with Crippen LogP contribution in [-0.2, 0) is 20.9 Å². The van der Waals surface area contributed by atoms with Gasteiger partial charge in [-0.15, -0.1) is 0 Å². The normalized spacial score (nSPS) is 11.1. The van der Waals surface area contributed by atoms with Gasteiger partial charge in [0.1, 0.15) is 11.6 Å². The number of benzene rings is 2. The van der Waals surface area contributed by atoms with Crippen LogP contribution < -0.4 is 10.1 Å². The second kappa shape index (κ2) is 9.18. The molecule has 0 saturated heterocycles. The Morgan fingerprint density at radius 2 is 1.88 bits per heavy atom. The number of amides is 1. The van der Waals surface area contributed by atoms with Gasteiger partial charge in [0.05, 0.1) is 11.6 Å². The predicted octanol–water partition coefficient (Wildman–Crippen LogP) is 2.32. The molecule has 0 spiro atoms. The first-order chi connectivity index (χ1) is 12.5. The third kappa shape index (κ3) is 5.60. The SMILES string of the molecule is CC(Oc1ccc(C#N)cc1)C(=O)OCC(=O)NCc1ccccc1F. The molecule has 0 heterocycles. The lowest BCUT2D eigenvalue weighted by Crippen LogP contribution is -2.32. The predicted molar refractivity (Wildman–Crippen MR) is 90.5 cm³/mol. The van der Waals surface area contributed by atoms with E-state index < -0.39 is 30.4 Å². The number of nitrogens with zero attached hydrogens (tertiary/aromatic N) is 1. The van der Waals surface area contributed by atoms with Crippen LogP contribution in [0.1, 0.15) is 18.1 Å². The third-order valence-corrected chi connectivity index (χ3v) is 3.41. The van der Waals surface area contributed by atoms with Crippen molar-refractivity contribution in [3.8, 4) is 11.8 Å². The Morgan fingerprint density at radius 1 is 1.19 bits per heavy atom. The van der Waals surface area contributed by atoms with Gasteiger partial charge in [-0.3, -0.25) is 4.79 Å². The summed E-state index contributed by atoms with van der Waals surface area (Å²) in [6.07, 6.45) is -0.928. The van der Waals surface area contributed by atoms with Crippen LogP contribution in [0.5, 0.6) is 5.75 Å². The van der Waals surface area contributed by atoms with Gasteiger partial charge in [0.15, 0.2) is 12.7 Å². The lowest BCUT2D eigenvalue weighted by atomic mass is 10.2. The third-order valence-electron chi connectivity index (χ3n) is 3.41. The highest BCUT2D eigenvalue weighted by atomic mass is 19.1. The summed E-state index contributed by atoms with van der Waals surface area (Å²) >= 11 is 0. The van der Waals surface area contributed by atoms with E-state index in [1.54, 1.807) is 42.5 Å². The Labute approximate surface area is 150 Å². The van der Waals surface area contributed by atoms with Crippen LogP contribution in [-0.4, -0.2) is 24.6 Å². The van der Waals surface area contributed by atoms with Crippen LogP contribution >= 0.6 is 0 Å². The van der Waals surface area contributed by atoms with Crippen LogP contribution in [0.15, 0.2) is 48.5 Å². The number of hydrogen-bond donors (Lipinski definition) is 1. The number of nitriles is 1. The van der Waals surface area contributed by atoms with Crippen LogP contribution in [0.2, 0.25) is 0 Å². The molecule has 0 aromatic heterocycles. The minimum Gasteiger partial charge on any atom is -0.479 e. The quantitative estimate of drug-likeness (QED) is 0.769. The van der Waals surface area contributed by atoms with E-state index in [9.17, 15) is 14.0 Å². The second-order valence-corrected chi connectivity index (χ2v) is 5.37. The topological polar surface area (TPSA) is 88.4 Å². The average molecular weight is 356 g/mol. The number of hydrogen-bond acceptors (Lipinski definition) is 5. The summed E-state index contributed by atoms with van der Waals surface area (Å²) in [6.45, 7) is 0.993. The fraction of sp³-hybridized carbons (Fsp3) is 0.211. The maximum absolute atomic E-state index is 13.4. The van der Waals surface area contributed by atoms with Gasteiger partial charge >= 0.3 is 5.97 Å². The Morgan fingerprint density at radius 3 is 2.54 bits per heavy atom. The van der Waals surface area contributed by atoms with Gasteiger partial charge in [-0.25, -0.2) is 9.18 Å². The van der Waals surface area contributed by atoms with E-state index in [0.29, 0.717) is 16.9 Å². The van der Waals surface area contributed by atoms with E-state index >= 15 is 0 Å². The molecule has 0 aliphatic rings. The summed E-state index contributed by atoms with van der Waals surface area (Å²) < 4.78 is 23.7. The van der Waals surface area contributed by atoms with Gasteiger partial charge in [0.2, 0.25) is 0 Å². The van der Waals surface area contributed by atoms with E-state index in [4.69, 9.17) is 14.7 Å². The maximum Gasteiger partial charge on any atom is 0.347 e. The Bertz CT molecular complexity index is 815. The fourth-order valence-corrected chi connectivity index (χ4v) is 2.00. The van der Waals surface area contributed by atoms with Crippen molar-refractivity contribution in [3.05, 3.63) is 65.5 Å². The summed E-state index contributed by atoms with van der Waals surface area (Å²) in [7, 11) is 0. The van der Waals surface area contributed by atoms with Gasteiger partial charge in [-0.2, -0.15) is 5.26 Å². The second-order valence-electron chi connectivity index (χ2n) is 5.37. The largest absolute Gasteiger partial charge is 0.479 e. The molecule has 6 nitrogen and oxygen atoms in total. The molecule has 2 aromatic rings. The molecule has 0 fully saturated rings. The highest BCUT2D eigenvalue weighted by molar-refractivity contribution is 5.82. The fourth-order valence-electron chi connectivity index (χ4n) is 2.00. The number of ether oxygens (including phenoxy) is 2. The van der Waals surface area contributed by atoms with Crippen LogP contribution in [0, 0.1) is 17.1 Å². The first-order valence-electron chi connectivity index (χ1n) is 7.83. The van der Waals surface area contributed by atoms with E-state index in [0.717, 1.165) is 0 Å². The van der Waals surface area contributed by atoms with Gasteiger partial charge in [-0.1, -0.05) is 18.2 Å². The van der Waals surface area contributed by atoms with Crippen molar-refractivity contribution in [1.82, 2.24) is 5.32 Å². The van der Waals surface area contributed by atoms with Crippen molar-refractivity contribution in [1.29, 1.82) is 5.26 Å². The van der Waals surface area contributed by atoms with Crippen molar-refractivity contribution in [2.75, 3.05) is 6.61 Å².